The summed E-state index contributed by atoms with van der Waals surface area (Å²) in [5.74, 6) is 0.401. The number of nitrogens with two attached hydrogens (primary N) is 1. The Bertz CT molecular complexity index is 573. The molecule has 4 rings (SSSR count). The minimum atomic E-state index is -0.745. The molecule has 0 aromatic heterocycles. The molecule has 7 nitrogen and oxygen atoms in total. The topological polar surface area (TPSA) is 105 Å². The summed E-state index contributed by atoms with van der Waals surface area (Å²) >= 11 is 0. The van der Waals surface area contributed by atoms with Crippen LogP contribution < -0.4 is 16.4 Å². The Balaban J connectivity index is 1.39. The first-order valence-electron chi connectivity index (χ1n) is 9.67. The fourth-order valence-corrected chi connectivity index (χ4v) is 5.54. The van der Waals surface area contributed by atoms with Crippen molar-refractivity contribution in [3.8, 4) is 0 Å². The van der Waals surface area contributed by atoms with Crippen molar-refractivity contribution in [1.29, 1.82) is 0 Å². The van der Waals surface area contributed by atoms with E-state index in [0.29, 0.717) is 24.7 Å². The lowest BCUT2D eigenvalue weighted by Gasteiger charge is -2.45. The molecule has 4 amide bonds. The molecule has 2 bridgehead atoms. The number of carbonyl (C=O) groups is 3. The first-order valence-corrected chi connectivity index (χ1v) is 9.67. The highest BCUT2D eigenvalue weighted by Gasteiger charge is 2.53. The zero-order valence-electron chi connectivity index (χ0n) is 14.6. The number of amides is 4. The molecule has 2 unspecified atom stereocenters. The number of nitrogens with zero attached hydrogens (tertiary/aromatic N) is 1. The van der Waals surface area contributed by atoms with Gasteiger partial charge in [-0.05, 0) is 50.4 Å². The van der Waals surface area contributed by atoms with Crippen LogP contribution in [0.1, 0.15) is 57.8 Å². The fourth-order valence-electron chi connectivity index (χ4n) is 5.54. The van der Waals surface area contributed by atoms with Gasteiger partial charge in [0.05, 0.1) is 0 Å². The van der Waals surface area contributed by atoms with E-state index in [1.165, 1.54) is 6.42 Å². The van der Waals surface area contributed by atoms with E-state index in [1.807, 2.05) is 0 Å². The van der Waals surface area contributed by atoms with Crippen molar-refractivity contribution in [2.45, 2.75) is 75.4 Å². The van der Waals surface area contributed by atoms with Crippen LogP contribution in [0.2, 0.25) is 0 Å². The third kappa shape index (κ3) is 2.92. The van der Waals surface area contributed by atoms with Crippen LogP contribution >= 0.6 is 0 Å². The van der Waals surface area contributed by atoms with E-state index in [0.717, 1.165) is 43.4 Å². The average molecular weight is 348 g/mol. The van der Waals surface area contributed by atoms with Gasteiger partial charge in [-0.3, -0.25) is 14.5 Å². The van der Waals surface area contributed by atoms with Crippen molar-refractivity contribution < 1.29 is 14.4 Å². The summed E-state index contributed by atoms with van der Waals surface area (Å²) in [6.07, 6.45) is 8.55. The summed E-state index contributed by atoms with van der Waals surface area (Å²) in [7, 11) is 0. The van der Waals surface area contributed by atoms with Crippen molar-refractivity contribution in [3.05, 3.63) is 0 Å². The third-order valence-corrected chi connectivity index (χ3v) is 6.71. The first-order chi connectivity index (χ1) is 12.0. The van der Waals surface area contributed by atoms with Gasteiger partial charge in [0.15, 0.2) is 0 Å². The molecule has 0 radical (unpaired) electrons. The molecule has 2 atom stereocenters. The molecular weight excluding hydrogens is 320 g/mol. The molecule has 3 saturated carbocycles. The maximum atomic E-state index is 12.7. The Morgan fingerprint density at radius 1 is 1.16 bits per heavy atom. The standard InChI is InChI=1S/C18H28N4O3/c19-13-8-11-4-3-5-12(9-13)15(11)20-14(23)10-22-16(24)18(21-17(22)25)6-1-2-7-18/h11-13,15H,1-10,19H2,(H,20,23)(H,21,25). The summed E-state index contributed by atoms with van der Waals surface area (Å²) in [6, 6.07) is -0.0493. The minimum absolute atomic E-state index is 0.141. The second-order valence-corrected chi connectivity index (χ2v) is 8.39. The van der Waals surface area contributed by atoms with Crippen LogP contribution in [0.4, 0.5) is 4.79 Å². The van der Waals surface area contributed by atoms with Crippen LogP contribution in [0.3, 0.4) is 0 Å². The number of carbonyl (C=O) groups excluding carboxylic acids is 3. The molecule has 1 saturated heterocycles. The smallest absolute Gasteiger partial charge is 0.325 e. The van der Waals surface area contributed by atoms with E-state index in [4.69, 9.17) is 5.73 Å². The lowest BCUT2D eigenvalue weighted by atomic mass is 9.67. The Labute approximate surface area is 148 Å². The molecule has 138 valence electrons. The number of nitrogens with one attached hydrogen (secondary N) is 2. The molecule has 4 N–H and O–H groups in total. The molecule has 7 heteroatoms. The number of hydrogen-bond acceptors (Lipinski definition) is 4. The number of rotatable bonds is 3. The zero-order valence-corrected chi connectivity index (χ0v) is 14.6. The quantitative estimate of drug-likeness (QED) is 0.658. The molecule has 1 heterocycles. The summed E-state index contributed by atoms with van der Waals surface area (Å²) in [5, 5.41) is 5.94. The second kappa shape index (κ2) is 6.27. The monoisotopic (exact) mass is 348 g/mol. The van der Waals surface area contributed by atoms with Crippen molar-refractivity contribution in [1.82, 2.24) is 15.5 Å². The highest BCUT2D eigenvalue weighted by atomic mass is 16.2. The highest BCUT2D eigenvalue weighted by molar-refractivity contribution is 6.09. The Kier molecular flexibility index (Phi) is 4.22. The Hall–Kier alpha value is -1.63. The Morgan fingerprint density at radius 3 is 2.44 bits per heavy atom. The lowest BCUT2D eigenvalue weighted by molar-refractivity contribution is -0.135. The van der Waals surface area contributed by atoms with E-state index in [-0.39, 0.29) is 30.4 Å². The van der Waals surface area contributed by atoms with Crippen LogP contribution in [-0.4, -0.2) is 46.9 Å². The molecule has 0 aromatic carbocycles. The normalized spacial score (nSPS) is 36.6. The summed E-state index contributed by atoms with van der Waals surface area (Å²) in [6.45, 7) is -0.172. The predicted octanol–water partition coefficient (Wildman–Crippen LogP) is 0.873. The number of fused-ring (bicyclic) bond motifs is 2. The van der Waals surface area contributed by atoms with Gasteiger partial charge < -0.3 is 16.4 Å². The number of hydrogen-bond donors (Lipinski definition) is 3. The van der Waals surface area contributed by atoms with Crippen molar-refractivity contribution in [2.24, 2.45) is 17.6 Å². The maximum absolute atomic E-state index is 12.7. The van der Waals surface area contributed by atoms with Crippen LogP contribution in [0.15, 0.2) is 0 Å². The number of imide groups is 1. The van der Waals surface area contributed by atoms with Gasteiger partial charge in [-0.25, -0.2) is 4.79 Å². The van der Waals surface area contributed by atoms with Crippen molar-refractivity contribution >= 4 is 17.8 Å². The van der Waals surface area contributed by atoms with Gasteiger partial charge in [0.2, 0.25) is 5.91 Å². The van der Waals surface area contributed by atoms with Crippen LogP contribution in [0, 0.1) is 11.8 Å². The van der Waals surface area contributed by atoms with Gasteiger partial charge in [-0.15, -0.1) is 0 Å². The van der Waals surface area contributed by atoms with Crippen LogP contribution in [0.5, 0.6) is 0 Å². The zero-order chi connectivity index (χ0) is 17.6. The van der Waals surface area contributed by atoms with Gasteiger partial charge in [-0.1, -0.05) is 19.3 Å². The minimum Gasteiger partial charge on any atom is -0.351 e. The van der Waals surface area contributed by atoms with Crippen molar-refractivity contribution in [3.63, 3.8) is 0 Å². The molecule has 4 aliphatic rings. The summed E-state index contributed by atoms with van der Waals surface area (Å²) < 4.78 is 0. The van der Waals surface area contributed by atoms with E-state index in [9.17, 15) is 14.4 Å². The predicted molar refractivity (Wildman–Crippen MR) is 91.4 cm³/mol. The lowest BCUT2D eigenvalue weighted by Crippen LogP contribution is -2.55. The van der Waals surface area contributed by atoms with Gasteiger partial charge in [-0.2, -0.15) is 0 Å². The average Bonchev–Trinajstić information content (AvgIpc) is 3.10. The number of urea groups is 1. The van der Waals surface area contributed by atoms with Gasteiger partial charge >= 0.3 is 6.03 Å². The second-order valence-electron chi connectivity index (χ2n) is 8.39. The van der Waals surface area contributed by atoms with Crippen molar-refractivity contribution in [2.75, 3.05) is 6.54 Å². The molecular formula is C18H28N4O3. The molecule has 1 aliphatic heterocycles. The van der Waals surface area contributed by atoms with E-state index in [1.54, 1.807) is 0 Å². The maximum Gasteiger partial charge on any atom is 0.325 e. The molecule has 25 heavy (non-hydrogen) atoms. The van der Waals surface area contributed by atoms with E-state index < -0.39 is 11.6 Å². The van der Waals surface area contributed by atoms with Gasteiger partial charge in [0.1, 0.15) is 12.1 Å². The summed E-state index contributed by atoms with van der Waals surface area (Å²) in [4.78, 5) is 38.5. The Morgan fingerprint density at radius 2 is 1.80 bits per heavy atom. The van der Waals surface area contributed by atoms with Crippen LogP contribution in [0.25, 0.3) is 0 Å². The fraction of sp³-hybridized carbons (Fsp3) is 0.833. The third-order valence-electron chi connectivity index (χ3n) is 6.71. The van der Waals surface area contributed by atoms with Crippen LogP contribution in [-0.2, 0) is 9.59 Å². The molecule has 1 spiro atoms. The largest absolute Gasteiger partial charge is 0.351 e. The van der Waals surface area contributed by atoms with E-state index >= 15 is 0 Å². The SMILES string of the molecule is NC1CC2CCCC(C1)C2NC(=O)CN1C(=O)NC2(CCCC2)C1=O. The highest BCUT2D eigenvalue weighted by Crippen LogP contribution is 2.40. The first kappa shape index (κ1) is 16.8. The van der Waals surface area contributed by atoms with Gasteiger partial charge in [0, 0.05) is 12.1 Å². The molecule has 0 aromatic rings. The summed E-state index contributed by atoms with van der Waals surface area (Å²) in [5.41, 5.74) is 5.39. The molecule has 4 fully saturated rings. The molecule has 3 aliphatic carbocycles. The van der Waals surface area contributed by atoms with Gasteiger partial charge in [0.25, 0.3) is 5.91 Å². The van der Waals surface area contributed by atoms with E-state index in [2.05, 4.69) is 10.6 Å².